The van der Waals surface area contributed by atoms with Crippen molar-refractivity contribution in [1.82, 2.24) is 19.9 Å². The van der Waals surface area contributed by atoms with Crippen molar-refractivity contribution in [2.75, 3.05) is 0 Å². The van der Waals surface area contributed by atoms with E-state index in [0.29, 0.717) is 16.9 Å². The maximum atomic E-state index is 13.2. The van der Waals surface area contributed by atoms with Gasteiger partial charge in [-0.1, -0.05) is 62.7 Å². The molecule has 0 spiro atoms. The SMILES string of the molecule is Cc1ccc(-c2cc(C(=O)NCc3cccc(C(F)(F)F)c3)n3nc(C(C)(C)C)cc3n2)cc1. The molecule has 8 heteroatoms. The van der Waals surface area contributed by atoms with Crippen molar-refractivity contribution in [1.29, 1.82) is 0 Å². The summed E-state index contributed by atoms with van der Waals surface area (Å²) in [6.45, 7) is 7.98. The summed E-state index contributed by atoms with van der Waals surface area (Å²) in [4.78, 5) is 17.9. The summed E-state index contributed by atoms with van der Waals surface area (Å²) >= 11 is 0. The third-order valence-corrected chi connectivity index (χ3v) is 5.48. The van der Waals surface area contributed by atoms with Gasteiger partial charge >= 0.3 is 6.18 Å². The minimum atomic E-state index is -4.45. The van der Waals surface area contributed by atoms with E-state index in [2.05, 4.69) is 10.4 Å². The van der Waals surface area contributed by atoms with E-state index in [1.165, 1.54) is 10.6 Å². The zero-order chi connectivity index (χ0) is 24.7. The molecule has 0 atom stereocenters. The van der Waals surface area contributed by atoms with Crippen LogP contribution in [0.3, 0.4) is 0 Å². The Morgan fingerprint density at radius 3 is 2.35 bits per heavy atom. The van der Waals surface area contributed by atoms with E-state index >= 15 is 0 Å². The molecule has 0 aliphatic carbocycles. The average molecular weight is 467 g/mol. The van der Waals surface area contributed by atoms with Crippen LogP contribution in [0.1, 0.15) is 53.6 Å². The maximum absolute atomic E-state index is 13.2. The van der Waals surface area contributed by atoms with Gasteiger partial charge in [0.15, 0.2) is 5.65 Å². The first-order valence-electron chi connectivity index (χ1n) is 10.8. The van der Waals surface area contributed by atoms with Crippen molar-refractivity contribution in [3.63, 3.8) is 0 Å². The number of halogens is 3. The Kier molecular flexibility index (Phi) is 5.93. The lowest BCUT2D eigenvalue weighted by Gasteiger charge is -2.14. The van der Waals surface area contributed by atoms with Crippen LogP contribution in [0.2, 0.25) is 0 Å². The molecule has 34 heavy (non-hydrogen) atoms. The number of carbonyl (C=O) groups is 1. The number of hydrogen-bond donors (Lipinski definition) is 1. The largest absolute Gasteiger partial charge is 0.416 e. The number of alkyl halides is 3. The van der Waals surface area contributed by atoms with Crippen LogP contribution < -0.4 is 5.32 Å². The van der Waals surface area contributed by atoms with Crippen molar-refractivity contribution < 1.29 is 18.0 Å². The summed E-state index contributed by atoms with van der Waals surface area (Å²) in [6.07, 6.45) is -4.45. The normalized spacial score (nSPS) is 12.2. The molecule has 1 amide bonds. The number of carbonyl (C=O) groups excluding carboxylic acids is 1. The van der Waals surface area contributed by atoms with Gasteiger partial charge < -0.3 is 5.32 Å². The van der Waals surface area contributed by atoms with Gasteiger partial charge in [-0.3, -0.25) is 4.79 Å². The number of aromatic nitrogens is 3. The molecule has 0 aliphatic rings. The molecule has 2 aromatic heterocycles. The number of hydrogen-bond acceptors (Lipinski definition) is 3. The van der Waals surface area contributed by atoms with Crippen molar-refractivity contribution >= 4 is 11.6 Å². The van der Waals surface area contributed by atoms with Crippen molar-refractivity contribution in [3.8, 4) is 11.3 Å². The molecule has 0 radical (unpaired) electrons. The molecule has 4 aromatic rings. The van der Waals surface area contributed by atoms with E-state index in [0.717, 1.165) is 29.0 Å². The van der Waals surface area contributed by atoms with Crippen LogP contribution in [0.15, 0.2) is 60.7 Å². The number of amides is 1. The van der Waals surface area contributed by atoms with Crippen LogP contribution in [-0.4, -0.2) is 20.5 Å². The van der Waals surface area contributed by atoms with E-state index in [4.69, 9.17) is 4.98 Å². The number of rotatable bonds is 4. The van der Waals surface area contributed by atoms with Crippen LogP contribution in [0.5, 0.6) is 0 Å². The molecule has 176 valence electrons. The predicted octanol–water partition coefficient (Wildman–Crippen LogP) is 5.95. The monoisotopic (exact) mass is 466 g/mol. The molecule has 5 nitrogen and oxygen atoms in total. The van der Waals surface area contributed by atoms with Crippen molar-refractivity contribution in [2.45, 2.75) is 45.8 Å². The summed E-state index contributed by atoms with van der Waals surface area (Å²) in [5, 5.41) is 7.33. The van der Waals surface area contributed by atoms with Crippen LogP contribution in [0.4, 0.5) is 13.2 Å². The first-order valence-corrected chi connectivity index (χ1v) is 10.8. The summed E-state index contributed by atoms with van der Waals surface area (Å²) in [5.41, 5.74) is 3.43. The average Bonchev–Trinajstić information content (AvgIpc) is 3.22. The number of aryl methyl sites for hydroxylation is 1. The zero-order valence-electron chi connectivity index (χ0n) is 19.4. The second-order valence-corrected chi connectivity index (χ2v) is 9.32. The van der Waals surface area contributed by atoms with Crippen LogP contribution in [-0.2, 0) is 18.1 Å². The number of nitrogens with one attached hydrogen (secondary N) is 1. The molecule has 0 aliphatic heterocycles. The summed E-state index contributed by atoms with van der Waals surface area (Å²) in [7, 11) is 0. The highest BCUT2D eigenvalue weighted by molar-refractivity contribution is 5.94. The molecule has 0 saturated carbocycles. The van der Waals surface area contributed by atoms with Gasteiger partial charge in [-0.05, 0) is 30.7 Å². The lowest BCUT2D eigenvalue weighted by molar-refractivity contribution is -0.137. The molecule has 0 fully saturated rings. The Morgan fingerprint density at radius 2 is 1.71 bits per heavy atom. The molecule has 4 rings (SSSR count). The van der Waals surface area contributed by atoms with Gasteiger partial charge in [0.2, 0.25) is 0 Å². The quantitative estimate of drug-likeness (QED) is 0.404. The minimum absolute atomic E-state index is 0.0557. The Hall–Kier alpha value is -3.68. The molecular formula is C26H25F3N4O. The third kappa shape index (κ3) is 4.95. The number of benzene rings is 2. The summed E-state index contributed by atoms with van der Waals surface area (Å²) in [6, 6.07) is 16.2. The molecular weight excluding hydrogens is 441 g/mol. The van der Waals surface area contributed by atoms with Gasteiger partial charge in [0.1, 0.15) is 5.69 Å². The Labute approximate surface area is 195 Å². The summed E-state index contributed by atoms with van der Waals surface area (Å²) < 4.78 is 40.6. The topological polar surface area (TPSA) is 59.3 Å². The third-order valence-electron chi connectivity index (χ3n) is 5.48. The fourth-order valence-corrected chi connectivity index (χ4v) is 3.51. The Morgan fingerprint density at radius 1 is 1.00 bits per heavy atom. The van der Waals surface area contributed by atoms with E-state index in [1.54, 1.807) is 12.1 Å². The van der Waals surface area contributed by atoms with Gasteiger partial charge in [0.25, 0.3) is 5.91 Å². The van der Waals surface area contributed by atoms with Gasteiger partial charge in [-0.15, -0.1) is 0 Å². The minimum Gasteiger partial charge on any atom is -0.347 e. The molecule has 0 saturated heterocycles. The van der Waals surface area contributed by atoms with E-state index in [9.17, 15) is 18.0 Å². The van der Waals surface area contributed by atoms with Gasteiger partial charge in [0, 0.05) is 23.6 Å². The molecule has 2 aromatic carbocycles. The van der Waals surface area contributed by atoms with Crippen LogP contribution >= 0.6 is 0 Å². The number of fused-ring (bicyclic) bond motifs is 1. The van der Waals surface area contributed by atoms with Crippen molar-refractivity contribution in [2.24, 2.45) is 0 Å². The Balaban J connectivity index is 1.71. The molecule has 0 unspecified atom stereocenters. The highest BCUT2D eigenvalue weighted by Gasteiger charge is 2.30. The van der Waals surface area contributed by atoms with E-state index in [1.807, 2.05) is 58.0 Å². The van der Waals surface area contributed by atoms with Crippen molar-refractivity contribution in [3.05, 3.63) is 88.7 Å². The van der Waals surface area contributed by atoms with E-state index < -0.39 is 17.6 Å². The molecule has 1 N–H and O–H groups in total. The fourth-order valence-electron chi connectivity index (χ4n) is 3.51. The fraction of sp³-hybridized carbons (Fsp3) is 0.269. The molecule has 2 heterocycles. The lowest BCUT2D eigenvalue weighted by atomic mass is 9.93. The van der Waals surface area contributed by atoms with Crippen LogP contribution in [0, 0.1) is 6.92 Å². The Bertz CT molecular complexity index is 1350. The second-order valence-electron chi connectivity index (χ2n) is 9.32. The second kappa shape index (κ2) is 8.59. The van der Waals surface area contributed by atoms with E-state index in [-0.39, 0.29) is 17.7 Å². The smallest absolute Gasteiger partial charge is 0.347 e. The maximum Gasteiger partial charge on any atom is 0.416 e. The summed E-state index contributed by atoms with van der Waals surface area (Å²) in [5.74, 6) is -0.457. The van der Waals surface area contributed by atoms with Crippen LogP contribution in [0.25, 0.3) is 16.9 Å². The lowest BCUT2D eigenvalue weighted by Crippen LogP contribution is -2.26. The number of nitrogens with zero attached hydrogens (tertiary/aromatic N) is 3. The van der Waals surface area contributed by atoms with Gasteiger partial charge in [-0.25, -0.2) is 9.50 Å². The van der Waals surface area contributed by atoms with Gasteiger partial charge in [0.05, 0.1) is 17.0 Å². The first-order chi connectivity index (χ1) is 15.9. The highest BCUT2D eigenvalue weighted by atomic mass is 19.4. The first kappa shape index (κ1) is 23.5. The predicted molar refractivity (Wildman–Crippen MR) is 124 cm³/mol. The molecule has 0 bridgehead atoms. The zero-order valence-corrected chi connectivity index (χ0v) is 19.4. The standard InChI is InChI=1S/C26H25F3N4O/c1-16-8-10-18(11-9-16)20-13-21(33-23(31-20)14-22(32-33)25(2,3)4)24(34)30-15-17-6-5-7-19(12-17)26(27,28)29/h5-14H,15H2,1-4H3,(H,30,34). The highest BCUT2D eigenvalue weighted by Crippen LogP contribution is 2.30. The van der Waals surface area contributed by atoms with Gasteiger partial charge in [-0.2, -0.15) is 18.3 Å².